The molecule has 3 aromatic rings. The lowest BCUT2D eigenvalue weighted by Crippen LogP contribution is -2.61. The van der Waals surface area contributed by atoms with Crippen molar-refractivity contribution in [2.75, 3.05) is 31.1 Å². The maximum atomic E-state index is 12.6. The Hall–Kier alpha value is -3.00. The number of aliphatic hydroxyl groups is 1. The van der Waals surface area contributed by atoms with Crippen LogP contribution in [0.2, 0.25) is 0 Å². The zero-order chi connectivity index (χ0) is 21.3. The van der Waals surface area contributed by atoms with E-state index in [-0.39, 0.29) is 5.91 Å². The number of anilines is 1. The van der Waals surface area contributed by atoms with Gasteiger partial charge >= 0.3 is 0 Å². The normalized spacial score (nSPS) is 17.5. The van der Waals surface area contributed by atoms with Gasteiger partial charge in [0.25, 0.3) is 5.91 Å². The first-order valence-electron chi connectivity index (χ1n) is 9.97. The third-order valence-electron chi connectivity index (χ3n) is 5.36. The van der Waals surface area contributed by atoms with Gasteiger partial charge < -0.3 is 14.9 Å². The van der Waals surface area contributed by atoms with E-state index in [2.05, 4.69) is 10.00 Å². The van der Waals surface area contributed by atoms with Gasteiger partial charge in [0.05, 0.1) is 36.0 Å². The summed E-state index contributed by atoms with van der Waals surface area (Å²) in [4.78, 5) is 16.6. The standard InChI is InChI=1S/C16H20N4O2.C6H4F2/c1-16(22)10-19(11-16)15(21)13-9-17-20-7-4-12(8-14(13)20)18-5-2-3-6-18;7-5-1-2-6(8)4-3-5/h4,7-9,22H,2-3,5-6,10-11H2,1H3;1-4H. The van der Waals surface area contributed by atoms with Crippen LogP contribution in [0.1, 0.15) is 30.1 Å². The molecule has 0 saturated carbocycles. The number of halogens is 2. The Morgan fingerprint density at radius 1 is 1.07 bits per heavy atom. The topological polar surface area (TPSA) is 61.1 Å². The molecule has 2 aliphatic rings. The lowest BCUT2D eigenvalue weighted by molar-refractivity contribution is -0.0668. The summed E-state index contributed by atoms with van der Waals surface area (Å²) >= 11 is 0. The van der Waals surface area contributed by atoms with Gasteiger partial charge in [0, 0.05) is 25.0 Å². The Labute approximate surface area is 173 Å². The number of nitrogens with zero attached hydrogens (tertiary/aromatic N) is 4. The van der Waals surface area contributed by atoms with Gasteiger partial charge in [-0.3, -0.25) is 4.79 Å². The van der Waals surface area contributed by atoms with E-state index in [4.69, 9.17) is 0 Å². The first kappa shape index (κ1) is 20.3. The molecule has 2 fully saturated rings. The van der Waals surface area contributed by atoms with Crippen molar-refractivity contribution in [2.24, 2.45) is 0 Å². The molecule has 0 atom stereocenters. The number of β-amino-alcohol motifs (C(OH)–C–C–N with tert-alkyl or cyclic N) is 1. The Bertz CT molecular complexity index is 1010. The molecular weight excluding hydrogens is 390 g/mol. The highest BCUT2D eigenvalue weighted by molar-refractivity contribution is 6.01. The lowest BCUT2D eigenvalue weighted by atomic mass is 9.96. The molecular formula is C22H24F2N4O2. The number of aromatic nitrogens is 2. The second-order valence-corrected chi connectivity index (χ2v) is 8.06. The molecule has 2 aliphatic heterocycles. The number of hydrogen-bond donors (Lipinski definition) is 1. The van der Waals surface area contributed by atoms with E-state index in [0.717, 1.165) is 48.6 Å². The van der Waals surface area contributed by atoms with Crippen molar-refractivity contribution < 1.29 is 18.7 Å². The molecule has 6 nitrogen and oxygen atoms in total. The molecule has 2 aromatic heterocycles. The maximum Gasteiger partial charge on any atom is 0.257 e. The van der Waals surface area contributed by atoms with Crippen molar-refractivity contribution in [3.05, 3.63) is 66.0 Å². The Balaban J connectivity index is 0.000000230. The molecule has 5 rings (SSSR count). The Kier molecular flexibility index (Phi) is 5.42. The number of carbonyl (C=O) groups is 1. The molecule has 1 aromatic carbocycles. The summed E-state index contributed by atoms with van der Waals surface area (Å²) in [5.74, 6) is -0.877. The summed E-state index contributed by atoms with van der Waals surface area (Å²) in [5.41, 5.74) is 1.84. The number of rotatable bonds is 2. The van der Waals surface area contributed by atoms with E-state index in [1.807, 2.05) is 18.3 Å². The van der Waals surface area contributed by atoms with E-state index >= 15 is 0 Å². The zero-order valence-electron chi connectivity index (χ0n) is 16.8. The van der Waals surface area contributed by atoms with Gasteiger partial charge in [-0.25, -0.2) is 13.3 Å². The van der Waals surface area contributed by atoms with Crippen molar-refractivity contribution >= 4 is 17.1 Å². The second kappa shape index (κ2) is 8.02. The third kappa shape index (κ3) is 4.28. The predicted octanol–water partition coefficient (Wildman–Crippen LogP) is 3.11. The van der Waals surface area contributed by atoms with Gasteiger partial charge in [-0.1, -0.05) is 0 Å². The highest BCUT2D eigenvalue weighted by Gasteiger charge is 2.40. The SMILES string of the molecule is CC1(O)CN(C(=O)c2cnn3ccc(N4CCCC4)cc23)C1.Fc1ccc(F)cc1. The Morgan fingerprint density at radius 3 is 2.23 bits per heavy atom. The molecule has 158 valence electrons. The number of carbonyl (C=O) groups excluding carboxylic acids is 1. The first-order chi connectivity index (χ1) is 14.3. The van der Waals surface area contributed by atoms with E-state index in [1.54, 1.807) is 22.5 Å². The average molecular weight is 414 g/mol. The van der Waals surface area contributed by atoms with Crippen LogP contribution >= 0.6 is 0 Å². The monoisotopic (exact) mass is 414 g/mol. The number of hydrogen-bond acceptors (Lipinski definition) is 4. The summed E-state index contributed by atoms with van der Waals surface area (Å²) in [6.45, 7) is 4.66. The molecule has 0 radical (unpaired) electrons. The van der Waals surface area contributed by atoms with Crippen LogP contribution in [0.5, 0.6) is 0 Å². The van der Waals surface area contributed by atoms with Gasteiger partial charge in [-0.15, -0.1) is 0 Å². The predicted molar refractivity (Wildman–Crippen MR) is 110 cm³/mol. The van der Waals surface area contributed by atoms with E-state index in [0.29, 0.717) is 18.7 Å². The van der Waals surface area contributed by atoms with Crippen molar-refractivity contribution in [1.82, 2.24) is 14.5 Å². The average Bonchev–Trinajstić information content (AvgIpc) is 3.37. The lowest BCUT2D eigenvalue weighted by Gasteiger charge is -2.44. The summed E-state index contributed by atoms with van der Waals surface area (Å²) < 4.78 is 25.6. The zero-order valence-corrected chi connectivity index (χ0v) is 16.8. The molecule has 0 bridgehead atoms. The highest BCUT2D eigenvalue weighted by Crippen LogP contribution is 2.26. The molecule has 0 spiro atoms. The number of amides is 1. The van der Waals surface area contributed by atoms with Crippen LogP contribution < -0.4 is 4.90 Å². The Morgan fingerprint density at radius 2 is 1.67 bits per heavy atom. The molecule has 1 amide bonds. The molecule has 1 N–H and O–H groups in total. The fraction of sp³-hybridized carbons (Fsp3) is 0.364. The number of likely N-dealkylation sites (tertiary alicyclic amines) is 1. The summed E-state index contributed by atoms with van der Waals surface area (Å²) in [5, 5.41) is 14.1. The molecule has 0 unspecified atom stereocenters. The third-order valence-corrected chi connectivity index (χ3v) is 5.36. The molecule has 8 heteroatoms. The smallest absolute Gasteiger partial charge is 0.257 e. The van der Waals surface area contributed by atoms with Crippen LogP contribution in [0, 0.1) is 11.6 Å². The minimum absolute atomic E-state index is 0.0555. The first-order valence-corrected chi connectivity index (χ1v) is 9.97. The minimum Gasteiger partial charge on any atom is -0.386 e. The van der Waals surface area contributed by atoms with Gasteiger partial charge in [0.15, 0.2) is 0 Å². The maximum absolute atomic E-state index is 12.6. The van der Waals surface area contributed by atoms with E-state index < -0.39 is 17.2 Å². The minimum atomic E-state index is -0.751. The van der Waals surface area contributed by atoms with Crippen LogP contribution in [-0.4, -0.2) is 57.3 Å². The van der Waals surface area contributed by atoms with Crippen molar-refractivity contribution in [2.45, 2.75) is 25.4 Å². The van der Waals surface area contributed by atoms with E-state index in [1.165, 1.54) is 12.8 Å². The van der Waals surface area contributed by atoms with E-state index in [9.17, 15) is 18.7 Å². The van der Waals surface area contributed by atoms with Gasteiger partial charge in [-0.2, -0.15) is 5.10 Å². The number of fused-ring (bicyclic) bond motifs is 1. The fourth-order valence-electron chi connectivity index (χ4n) is 3.83. The van der Waals surface area contributed by atoms with Crippen LogP contribution in [0.15, 0.2) is 48.8 Å². The van der Waals surface area contributed by atoms with Gasteiger partial charge in [0.2, 0.25) is 0 Å². The quantitative estimate of drug-likeness (QED) is 0.700. The van der Waals surface area contributed by atoms with Gasteiger partial charge in [0.1, 0.15) is 11.6 Å². The highest BCUT2D eigenvalue weighted by atomic mass is 19.1. The summed E-state index contributed by atoms with van der Waals surface area (Å²) in [6.07, 6.45) is 5.97. The molecule has 2 saturated heterocycles. The molecule has 4 heterocycles. The largest absolute Gasteiger partial charge is 0.386 e. The van der Waals surface area contributed by atoms with Gasteiger partial charge in [-0.05, 0) is 56.2 Å². The summed E-state index contributed by atoms with van der Waals surface area (Å²) in [6, 6.07) is 8.41. The van der Waals surface area contributed by atoms with Crippen molar-refractivity contribution in [3.63, 3.8) is 0 Å². The molecule has 30 heavy (non-hydrogen) atoms. The summed E-state index contributed by atoms with van der Waals surface area (Å²) in [7, 11) is 0. The molecule has 0 aliphatic carbocycles. The number of pyridine rings is 1. The fourth-order valence-corrected chi connectivity index (χ4v) is 3.83. The van der Waals surface area contributed by atoms with Crippen LogP contribution in [0.4, 0.5) is 14.5 Å². The van der Waals surface area contributed by atoms with Crippen LogP contribution in [-0.2, 0) is 0 Å². The van der Waals surface area contributed by atoms with Crippen LogP contribution in [0.25, 0.3) is 5.52 Å². The second-order valence-electron chi connectivity index (χ2n) is 8.06. The van der Waals surface area contributed by atoms with Crippen LogP contribution in [0.3, 0.4) is 0 Å². The van der Waals surface area contributed by atoms with Crippen molar-refractivity contribution in [3.8, 4) is 0 Å². The number of benzene rings is 1. The van der Waals surface area contributed by atoms with Crippen molar-refractivity contribution in [1.29, 1.82) is 0 Å².